The zero-order valence-corrected chi connectivity index (χ0v) is 4.48. The van der Waals surface area contributed by atoms with E-state index >= 15 is 0 Å². The highest BCUT2D eigenvalue weighted by Gasteiger charge is 1.84. The summed E-state index contributed by atoms with van der Waals surface area (Å²) in [6.07, 6.45) is 3.60. The van der Waals surface area contributed by atoms with Crippen molar-refractivity contribution < 1.29 is 4.79 Å². The van der Waals surface area contributed by atoms with Crippen molar-refractivity contribution in [2.45, 2.75) is 13.3 Å². The summed E-state index contributed by atoms with van der Waals surface area (Å²) in [5.74, 6) is 0.0856. The lowest BCUT2D eigenvalue weighted by molar-refractivity contribution is -0.113. The highest BCUT2D eigenvalue weighted by atomic mass is 16.1. The maximum atomic E-state index is 10.3. The summed E-state index contributed by atoms with van der Waals surface area (Å²) in [5.41, 5.74) is 0. The molecule has 0 amide bonds. The van der Waals surface area contributed by atoms with Gasteiger partial charge in [-0.05, 0) is 19.9 Å². The summed E-state index contributed by atoms with van der Waals surface area (Å²) in [6.45, 7) is 5.22. The lowest BCUT2D eigenvalue weighted by atomic mass is 10.3. The second kappa shape index (κ2) is 3.59. The molecule has 0 spiro atoms. The summed E-state index contributed by atoms with van der Waals surface area (Å²) >= 11 is 0. The van der Waals surface area contributed by atoms with E-state index in [1.807, 2.05) is 6.92 Å². The average Bonchev–Trinajstić information content (AvgIpc) is 1.68. The normalized spacial score (nSPS) is 10.0. The van der Waals surface area contributed by atoms with Crippen LogP contribution in [0.15, 0.2) is 12.2 Å². The first-order chi connectivity index (χ1) is 3.31. The number of carbonyl (C=O) groups excluding carboxylic acids is 1. The largest absolute Gasteiger partial charge is 0.295 e. The maximum absolute atomic E-state index is 10.3. The van der Waals surface area contributed by atoms with Gasteiger partial charge in [0.1, 0.15) is 0 Å². The lowest BCUT2D eigenvalue weighted by Gasteiger charge is -1.78. The van der Waals surface area contributed by atoms with Gasteiger partial charge in [-0.1, -0.05) is 6.08 Å². The molecule has 0 saturated heterocycles. The Balaban J connectivity index is 3.37. The molecule has 0 aliphatic rings. The first-order valence-corrected chi connectivity index (χ1v) is 2.26. The lowest BCUT2D eigenvalue weighted by Crippen LogP contribution is -1.85. The molecule has 7 heavy (non-hydrogen) atoms. The molecule has 0 aliphatic heterocycles. The van der Waals surface area contributed by atoms with Crippen LogP contribution in [-0.4, -0.2) is 5.78 Å². The van der Waals surface area contributed by atoms with Gasteiger partial charge in [-0.15, -0.1) is 0 Å². The minimum Gasteiger partial charge on any atom is -0.295 e. The van der Waals surface area contributed by atoms with Gasteiger partial charge < -0.3 is 0 Å². The summed E-state index contributed by atoms with van der Waals surface area (Å²) in [6, 6.07) is 0. The molecule has 0 aliphatic carbocycles. The van der Waals surface area contributed by atoms with Gasteiger partial charge in [-0.2, -0.15) is 0 Å². The van der Waals surface area contributed by atoms with E-state index in [1.54, 1.807) is 6.08 Å². The Hall–Kier alpha value is -0.590. The van der Waals surface area contributed by atoms with E-state index in [2.05, 4.69) is 6.92 Å². The van der Waals surface area contributed by atoms with Crippen LogP contribution in [-0.2, 0) is 4.79 Å². The van der Waals surface area contributed by atoms with Crippen molar-refractivity contribution in [2.24, 2.45) is 0 Å². The quantitative estimate of drug-likeness (QED) is 0.475. The molecule has 1 heteroatoms. The molecule has 0 fully saturated rings. The van der Waals surface area contributed by atoms with Crippen LogP contribution in [0.3, 0.4) is 0 Å². The van der Waals surface area contributed by atoms with E-state index in [9.17, 15) is 4.79 Å². The molecule has 0 unspecified atom stereocenters. The van der Waals surface area contributed by atoms with Crippen molar-refractivity contribution in [1.82, 2.24) is 0 Å². The van der Waals surface area contributed by atoms with Gasteiger partial charge in [0.05, 0.1) is 0 Å². The van der Waals surface area contributed by atoms with Crippen molar-refractivity contribution in [2.75, 3.05) is 0 Å². The molecule has 0 aromatic carbocycles. The molecule has 39 valence electrons. The Bertz CT molecular complexity index is 82.2. The highest BCUT2D eigenvalue weighted by Crippen LogP contribution is 1.79. The third-order valence-electron chi connectivity index (χ3n) is 0.599. The Morgan fingerprint density at radius 3 is 2.57 bits per heavy atom. The van der Waals surface area contributed by atoms with Crippen LogP contribution in [0.1, 0.15) is 13.3 Å². The Kier molecular flexibility index (Phi) is 3.29. The Morgan fingerprint density at radius 1 is 1.86 bits per heavy atom. The minimum atomic E-state index is 0.0856. The summed E-state index contributed by atoms with van der Waals surface area (Å²) in [7, 11) is 0. The fourth-order valence-electron chi connectivity index (χ4n) is 0.269. The molecule has 0 rings (SSSR count). The van der Waals surface area contributed by atoms with Gasteiger partial charge in [-0.3, -0.25) is 4.79 Å². The number of allylic oxidation sites excluding steroid dienone is 2. The molecule has 0 atom stereocenters. The van der Waals surface area contributed by atoms with Crippen LogP contribution in [0.2, 0.25) is 0 Å². The molecule has 0 aromatic rings. The zero-order valence-electron chi connectivity index (χ0n) is 4.48. The fourth-order valence-corrected chi connectivity index (χ4v) is 0.269. The molecule has 0 bridgehead atoms. The van der Waals surface area contributed by atoms with E-state index in [1.165, 1.54) is 6.08 Å². The van der Waals surface area contributed by atoms with Gasteiger partial charge in [-0.25, -0.2) is 0 Å². The van der Waals surface area contributed by atoms with Crippen molar-refractivity contribution in [3.8, 4) is 0 Å². The summed E-state index contributed by atoms with van der Waals surface area (Å²) < 4.78 is 0. The van der Waals surface area contributed by atoms with Crippen LogP contribution < -0.4 is 0 Å². The second-order valence-electron chi connectivity index (χ2n) is 1.22. The fraction of sp³-hybridized carbons (Fsp3) is 0.333. The maximum Gasteiger partial charge on any atom is 0.155 e. The van der Waals surface area contributed by atoms with E-state index < -0.39 is 0 Å². The van der Waals surface area contributed by atoms with Crippen molar-refractivity contribution in [1.29, 1.82) is 0 Å². The van der Waals surface area contributed by atoms with E-state index in [4.69, 9.17) is 0 Å². The summed E-state index contributed by atoms with van der Waals surface area (Å²) in [5, 5.41) is 0. The van der Waals surface area contributed by atoms with Crippen LogP contribution in [0, 0.1) is 6.92 Å². The number of hydrogen-bond acceptors (Lipinski definition) is 1. The van der Waals surface area contributed by atoms with E-state index in [0.717, 1.165) is 0 Å². The molecular weight excluding hydrogens is 88.1 g/mol. The molecule has 1 nitrogen and oxygen atoms in total. The van der Waals surface area contributed by atoms with Gasteiger partial charge in [0.2, 0.25) is 0 Å². The Morgan fingerprint density at radius 2 is 2.43 bits per heavy atom. The molecule has 0 N–H and O–H groups in total. The first kappa shape index (κ1) is 6.41. The molecule has 0 heterocycles. The van der Waals surface area contributed by atoms with Gasteiger partial charge in [0, 0.05) is 6.42 Å². The standard InChI is InChI=1S/C6H9O/c1-3-5-6(7)4-2/h3,5H,2,4H2,1H3. The Labute approximate surface area is 44.0 Å². The van der Waals surface area contributed by atoms with Gasteiger partial charge in [0.15, 0.2) is 5.78 Å². The van der Waals surface area contributed by atoms with Crippen molar-refractivity contribution >= 4 is 5.78 Å². The molecule has 1 radical (unpaired) electrons. The van der Waals surface area contributed by atoms with Gasteiger partial charge in [0.25, 0.3) is 0 Å². The smallest absolute Gasteiger partial charge is 0.155 e. The SMILES string of the molecule is [CH2]CC(=O)C=CC. The predicted octanol–water partition coefficient (Wildman–Crippen LogP) is 1.36. The molecular formula is C6H9O. The van der Waals surface area contributed by atoms with Crippen LogP contribution in [0.5, 0.6) is 0 Å². The highest BCUT2D eigenvalue weighted by molar-refractivity contribution is 5.89. The molecule has 0 saturated carbocycles. The first-order valence-electron chi connectivity index (χ1n) is 2.26. The third-order valence-corrected chi connectivity index (χ3v) is 0.599. The number of rotatable bonds is 2. The minimum absolute atomic E-state index is 0.0856. The zero-order chi connectivity index (χ0) is 5.70. The van der Waals surface area contributed by atoms with E-state index in [0.29, 0.717) is 6.42 Å². The number of hydrogen-bond donors (Lipinski definition) is 0. The van der Waals surface area contributed by atoms with Crippen molar-refractivity contribution in [3.05, 3.63) is 19.1 Å². The molecule has 0 aromatic heterocycles. The van der Waals surface area contributed by atoms with E-state index in [-0.39, 0.29) is 5.78 Å². The van der Waals surface area contributed by atoms with Crippen LogP contribution >= 0.6 is 0 Å². The third kappa shape index (κ3) is 3.23. The number of ketones is 1. The van der Waals surface area contributed by atoms with Crippen molar-refractivity contribution in [3.63, 3.8) is 0 Å². The average molecular weight is 97.1 g/mol. The topological polar surface area (TPSA) is 17.1 Å². The van der Waals surface area contributed by atoms with Crippen LogP contribution in [0.4, 0.5) is 0 Å². The second-order valence-corrected chi connectivity index (χ2v) is 1.22. The summed E-state index contributed by atoms with van der Waals surface area (Å²) in [4.78, 5) is 10.3. The predicted molar refractivity (Wildman–Crippen MR) is 29.8 cm³/mol. The van der Waals surface area contributed by atoms with Gasteiger partial charge >= 0.3 is 0 Å². The monoisotopic (exact) mass is 97.1 g/mol. The number of carbonyl (C=O) groups is 1. The van der Waals surface area contributed by atoms with Crippen LogP contribution in [0.25, 0.3) is 0 Å².